The van der Waals surface area contributed by atoms with Crippen molar-refractivity contribution in [2.24, 2.45) is 0 Å². The van der Waals surface area contributed by atoms with Crippen molar-refractivity contribution in [3.05, 3.63) is 154 Å². The second kappa shape index (κ2) is 10.2. The predicted molar refractivity (Wildman–Crippen MR) is 210 cm³/mol. The van der Waals surface area contributed by atoms with Gasteiger partial charge in [0.15, 0.2) is 5.58 Å². The molecule has 4 nitrogen and oxygen atoms in total. The number of hydrogen-bond donors (Lipinski definition) is 0. The van der Waals surface area contributed by atoms with Crippen LogP contribution in [0.4, 0.5) is 0 Å². The lowest BCUT2D eigenvalue weighted by Gasteiger charge is -2.09. The molecule has 0 saturated carbocycles. The monoisotopic (exact) mass is 678 g/mol. The van der Waals surface area contributed by atoms with E-state index in [1.165, 1.54) is 40.3 Å². The average Bonchev–Trinajstić information content (AvgIpc) is 3.73. The van der Waals surface area contributed by atoms with Crippen molar-refractivity contribution in [2.75, 3.05) is 0 Å². The molecule has 0 unspecified atom stereocenters. The van der Waals surface area contributed by atoms with E-state index in [-0.39, 0.29) is 21.8 Å². The number of hydrogen-bond acceptors (Lipinski definition) is 6. The number of rotatable bonds is 2. The van der Waals surface area contributed by atoms with Gasteiger partial charge < -0.3 is 8.83 Å². The second-order valence-electron chi connectivity index (χ2n) is 12.7. The molecule has 0 spiro atoms. The number of fused-ring (bicyclic) bond motifs is 11. The summed E-state index contributed by atoms with van der Waals surface area (Å²) >= 11 is 3.50. The van der Waals surface area contributed by atoms with Crippen LogP contribution in [-0.2, 0) is 0 Å². The SMILES string of the molecule is O=c1c2cc(-c3cccc4c3sc3ccccc34)ccc2oc2c1ccc1oc3ccc(-c4cccc5c4sc4ccccc45)cc3c(=O)c12. The van der Waals surface area contributed by atoms with Crippen LogP contribution in [0.5, 0.6) is 0 Å². The van der Waals surface area contributed by atoms with Crippen molar-refractivity contribution in [3.8, 4) is 22.3 Å². The van der Waals surface area contributed by atoms with Gasteiger partial charge in [0.1, 0.15) is 22.1 Å². The molecule has 0 saturated heterocycles. The lowest BCUT2D eigenvalue weighted by Crippen LogP contribution is -2.07. The van der Waals surface area contributed by atoms with E-state index in [1.807, 2.05) is 36.4 Å². The molecule has 11 aromatic rings. The van der Waals surface area contributed by atoms with Crippen LogP contribution in [-0.4, -0.2) is 0 Å². The van der Waals surface area contributed by atoms with Crippen molar-refractivity contribution in [1.82, 2.24) is 0 Å². The fourth-order valence-corrected chi connectivity index (χ4v) is 10.0. The van der Waals surface area contributed by atoms with Gasteiger partial charge in [-0.3, -0.25) is 9.59 Å². The Hall–Kier alpha value is -6.08. The fraction of sp³-hybridized carbons (Fsp3) is 0. The smallest absolute Gasteiger partial charge is 0.204 e. The second-order valence-corrected chi connectivity index (χ2v) is 14.8. The van der Waals surface area contributed by atoms with Crippen LogP contribution in [0.3, 0.4) is 0 Å². The fourth-order valence-electron chi connectivity index (χ4n) is 7.53. The molecule has 0 bridgehead atoms. The maximum Gasteiger partial charge on any atom is 0.204 e. The van der Waals surface area contributed by atoms with Crippen molar-refractivity contribution in [1.29, 1.82) is 0 Å². The normalized spacial score (nSPS) is 12.2. The molecule has 4 aromatic heterocycles. The first-order valence-corrected chi connectivity index (χ1v) is 18.0. The molecule has 0 radical (unpaired) electrons. The lowest BCUT2D eigenvalue weighted by molar-refractivity contribution is 0.649. The van der Waals surface area contributed by atoms with E-state index in [0.717, 1.165) is 22.3 Å². The van der Waals surface area contributed by atoms with E-state index in [4.69, 9.17) is 8.83 Å². The lowest BCUT2D eigenvalue weighted by atomic mass is 9.99. The minimum absolute atomic E-state index is 0.182. The Balaban J connectivity index is 1.11. The maximum atomic E-state index is 14.4. The van der Waals surface area contributed by atoms with E-state index in [9.17, 15) is 9.59 Å². The summed E-state index contributed by atoms with van der Waals surface area (Å²) < 4.78 is 17.5. The molecule has 11 rings (SSSR count). The summed E-state index contributed by atoms with van der Waals surface area (Å²) in [5.74, 6) is 0. The first-order chi connectivity index (χ1) is 24.6. The zero-order valence-electron chi connectivity index (χ0n) is 26.2. The Morgan fingerprint density at radius 1 is 0.400 bits per heavy atom. The van der Waals surface area contributed by atoms with Crippen LogP contribution in [0.15, 0.2) is 152 Å². The molecular formula is C44H22O4S2. The van der Waals surface area contributed by atoms with Gasteiger partial charge >= 0.3 is 0 Å². The third-order valence-corrected chi connectivity index (χ3v) is 12.3. The topological polar surface area (TPSA) is 60.4 Å². The number of benzene rings is 7. The molecule has 0 aliphatic heterocycles. The zero-order chi connectivity index (χ0) is 33.1. The average molecular weight is 679 g/mol. The third-order valence-electron chi connectivity index (χ3n) is 9.90. The molecule has 0 fully saturated rings. The molecule has 0 amide bonds. The van der Waals surface area contributed by atoms with Gasteiger partial charge in [-0.1, -0.05) is 84.9 Å². The molecule has 4 heterocycles. The molecule has 0 aliphatic carbocycles. The van der Waals surface area contributed by atoms with Crippen LogP contribution in [0, 0.1) is 0 Å². The van der Waals surface area contributed by atoms with Crippen molar-refractivity contribution >= 4 is 107 Å². The standard InChI is InChI=1S/C44H22O4S2/c45-40-31-17-20-36-39(41(46)33-22-24(15-18-34(33)47-36)26-10-6-12-30-28-8-2-4-14-38(28)50-44(26)30)42(31)48-35-19-16-23(21-32(35)40)25-9-5-11-29-27-7-1-3-13-37(27)49-43(25)29/h1-22H. The van der Waals surface area contributed by atoms with Crippen LogP contribution in [0.1, 0.15) is 0 Å². The van der Waals surface area contributed by atoms with Gasteiger partial charge in [0.2, 0.25) is 10.9 Å². The molecule has 234 valence electrons. The largest absolute Gasteiger partial charge is 0.456 e. The quantitative estimate of drug-likeness (QED) is 0.135. The van der Waals surface area contributed by atoms with Crippen LogP contribution >= 0.6 is 22.7 Å². The van der Waals surface area contributed by atoms with Gasteiger partial charge in [0, 0.05) is 40.3 Å². The van der Waals surface area contributed by atoms with Gasteiger partial charge in [0.25, 0.3) is 0 Å². The van der Waals surface area contributed by atoms with E-state index in [0.29, 0.717) is 32.9 Å². The first kappa shape index (κ1) is 27.8. The Labute approximate surface area is 290 Å². The Kier molecular flexibility index (Phi) is 5.69. The summed E-state index contributed by atoms with van der Waals surface area (Å²) in [4.78, 5) is 28.5. The Bertz CT molecular complexity index is 3380. The molecule has 50 heavy (non-hydrogen) atoms. The highest BCUT2D eigenvalue weighted by Gasteiger charge is 2.19. The van der Waals surface area contributed by atoms with Crippen molar-refractivity contribution in [2.45, 2.75) is 0 Å². The van der Waals surface area contributed by atoms with Crippen molar-refractivity contribution < 1.29 is 8.83 Å². The summed E-state index contributed by atoms with van der Waals surface area (Å²) in [6.45, 7) is 0. The minimum Gasteiger partial charge on any atom is -0.456 e. The maximum absolute atomic E-state index is 14.4. The summed E-state index contributed by atoms with van der Waals surface area (Å²) in [5.41, 5.74) is 5.11. The summed E-state index contributed by atoms with van der Waals surface area (Å²) in [6.07, 6.45) is 0. The van der Waals surface area contributed by atoms with Gasteiger partial charge in [-0.25, -0.2) is 0 Å². The molecule has 0 atom stereocenters. The minimum atomic E-state index is -0.229. The van der Waals surface area contributed by atoms with Gasteiger partial charge in [-0.2, -0.15) is 0 Å². The number of thiophene rings is 2. The molecular weight excluding hydrogens is 657 g/mol. The predicted octanol–water partition coefficient (Wildman–Crippen LogP) is 12.3. The van der Waals surface area contributed by atoms with Crippen molar-refractivity contribution in [3.63, 3.8) is 0 Å². The highest BCUT2D eigenvalue weighted by atomic mass is 32.1. The Morgan fingerprint density at radius 3 is 1.54 bits per heavy atom. The van der Waals surface area contributed by atoms with Gasteiger partial charge in [-0.05, 0) is 70.8 Å². The van der Waals surface area contributed by atoms with Crippen LogP contribution < -0.4 is 10.9 Å². The third kappa shape index (κ3) is 3.86. The van der Waals surface area contributed by atoms with Gasteiger partial charge in [0.05, 0.1) is 16.2 Å². The van der Waals surface area contributed by atoms with E-state index >= 15 is 0 Å². The highest BCUT2D eigenvalue weighted by Crippen LogP contribution is 2.42. The van der Waals surface area contributed by atoms with Crippen LogP contribution in [0.2, 0.25) is 0 Å². The molecule has 0 N–H and O–H groups in total. The van der Waals surface area contributed by atoms with E-state index in [2.05, 4.69) is 84.9 Å². The zero-order valence-corrected chi connectivity index (χ0v) is 27.8. The highest BCUT2D eigenvalue weighted by molar-refractivity contribution is 7.26. The molecule has 6 heteroatoms. The molecule has 7 aromatic carbocycles. The van der Waals surface area contributed by atoms with Gasteiger partial charge in [-0.15, -0.1) is 22.7 Å². The summed E-state index contributed by atoms with van der Waals surface area (Å²) in [6, 6.07) is 44.3. The molecule has 0 aliphatic rings. The summed E-state index contributed by atoms with van der Waals surface area (Å²) in [7, 11) is 0. The van der Waals surface area contributed by atoms with E-state index < -0.39 is 0 Å². The summed E-state index contributed by atoms with van der Waals surface area (Å²) in [5, 5.41) is 6.36. The first-order valence-electron chi connectivity index (χ1n) is 16.3. The van der Waals surface area contributed by atoms with Crippen LogP contribution in [0.25, 0.3) is 106 Å². The Morgan fingerprint density at radius 2 is 0.920 bits per heavy atom. The van der Waals surface area contributed by atoms with E-state index in [1.54, 1.807) is 34.8 Å².